The molecule has 4 rings (SSSR count). The van der Waals surface area contributed by atoms with Gasteiger partial charge in [-0.05, 0) is 60.2 Å². The molecule has 3 aromatic carbocycles. The van der Waals surface area contributed by atoms with Crippen LogP contribution in [0.1, 0.15) is 15.9 Å². The van der Waals surface area contributed by atoms with E-state index in [-0.39, 0.29) is 11.8 Å². The van der Waals surface area contributed by atoms with E-state index in [9.17, 15) is 9.59 Å². The van der Waals surface area contributed by atoms with Crippen LogP contribution in [0, 0.1) is 0 Å². The quantitative estimate of drug-likeness (QED) is 0.579. The Morgan fingerprint density at radius 1 is 0.848 bits per heavy atom. The van der Waals surface area contributed by atoms with Gasteiger partial charge in [-0.1, -0.05) is 30.3 Å². The van der Waals surface area contributed by atoms with Crippen LogP contribution in [0.15, 0.2) is 84.9 Å². The molecule has 0 aromatic heterocycles. The molecule has 1 fully saturated rings. The highest BCUT2D eigenvalue weighted by molar-refractivity contribution is 6.04. The number of benzene rings is 3. The van der Waals surface area contributed by atoms with Crippen LogP contribution in [-0.2, 0) is 4.79 Å². The molecule has 0 spiro atoms. The molecule has 168 valence electrons. The van der Waals surface area contributed by atoms with Gasteiger partial charge in [-0.3, -0.25) is 9.59 Å². The predicted molar refractivity (Wildman–Crippen MR) is 132 cm³/mol. The first-order valence-corrected chi connectivity index (χ1v) is 10.9. The molecule has 1 aliphatic rings. The Bertz CT molecular complexity index is 1100. The van der Waals surface area contributed by atoms with E-state index < -0.39 is 0 Å². The zero-order valence-electron chi connectivity index (χ0n) is 18.6. The largest absolute Gasteiger partial charge is 0.497 e. The van der Waals surface area contributed by atoms with Crippen molar-refractivity contribution in [3.05, 3.63) is 96.1 Å². The normalized spacial score (nSPS) is 13.7. The van der Waals surface area contributed by atoms with E-state index in [0.29, 0.717) is 24.4 Å². The fourth-order valence-electron chi connectivity index (χ4n) is 3.72. The predicted octanol–water partition coefficient (Wildman–Crippen LogP) is 4.31. The van der Waals surface area contributed by atoms with Gasteiger partial charge in [0.05, 0.1) is 7.11 Å². The molecular weight excluding hydrogens is 414 g/mol. The molecule has 6 nitrogen and oxygen atoms in total. The second-order valence-corrected chi connectivity index (χ2v) is 7.79. The SMILES string of the molecule is COc1ccc(C(=O)Nc2ccc(N3CCN(C(=O)/C=C/c4ccccc4)CC3)cc2)cc1. The summed E-state index contributed by atoms with van der Waals surface area (Å²) in [5.74, 6) is 0.584. The maximum atomic E-state index is 12.5. The summed E-state index contributed by atoms with van der Waals surface area (Å²) >= 11 is 0. The number of methoxy groups -OCH3 is 1. The fourth-order valence-corrected chi connectivity index (χ4v) is 3.72. The van der Waals surface area contributed by atoms with Gasteiger partial charge in [0.25, 0.3) is 5.91 Å². The third-order valence-corrected chi connectivity index (χ3v) is 5.65. The summed E-state index contributed by atoms with van der Waals surface area (Å²) in [7, 11) is 1.59. The van der Waals surface area contributed by atoms with E-state index >= 15 is 0 Å². The van der Waals surface area contributed by atoms with Crippen molar-refractivity contribution in [2.45, 2.75) is 0 Å². The topological polar surface area (TPSA) is 61.9 Å². The highest BCUT2D eigenvalue weighted by Gasteiger charge is 2.20. The van der Waals surface area contributed by atoms with Crippen LogP contribution < -0.4 is 15.0 Å². The lowest BCUT2D eigenvalue weighted by molar-refractivity contribution is -0.126. The lowest BCUT2D eigenvalue weighted by atomic mass is 10.2. The molecular formula is C27H27N3O3. The molecule has 0 aliphatic carbocycles. The van der Waals surface area contributed by atoms with Crippen molar-refractivity contribution in [3.63, 3.8) is 0 Å². The van der Waals surface area contributed by atoms with E-state index in [1.165, 1.54) is 0 Å². The third-order valence-electron chi connectivity index (χ3n) is 5.65. The van der Waals surface area contributed by atoms with E-state index in [2.05, 4.69) is 10.2 Å². The lowest BCUT2D eigenvalue weighted by Crippen LogP contribution is -2.48. The number of rotatable bonds is 6. The summed E-state index contributed by atoms with van der Waals surface area (Å²) in [4.78, 5) is 29.1. The minimum absolute atomic E-state index is 0.0371. The van der Waals surface area contributed by atoms with Gasteiger partial charge in [0.1, 0.15) is 5.75 Å². The molecule has 1 heterocycles. The minimum Gasteiger partial charge on any atom is -0.497 e. The number of nitrogens with one attached hydrogen (secondary N) is 1. The van der Waals surface area contributed by atoms with Crippen molar-refractivity contribution in [2.75, 3.05) is 43.5 Å². The first-order chi connectivity index (χ1) is 16.1. The minimum atomic E-state index is -0.166. The van der Waals surface area contributed by atoms with E-state index in [0.717, 1.165) is 30.0 Å². The molecule has 0 atom stereocenters. The van der Waals surface area contributed by atoms with Gasteiger partial charge in [0.15, 0.2) is 0 Å². The van der Waals surface area contributed by atoms with Crippen LogP contribution in [-0.4, -0.2) is 50.0 Å². The molecule has 0 unspecified atom stereocenters. The number of piperazine rings is 1. The van der Waals surface area contributed by atoms with Gasteiger partial charge in [-0.15, -0.1) is 0 Å². The third kappa shape index (κ3) is 5.80. The van der Waals surface area contributed by atoms with Crippen LogP contribution in [0.4, 0.5) is 11.4 Å². The number of carbonyl (C=O) groups is 2. The summed E-state index contributed by atoms with van der Waals surface area (Å²) in [5.41, 5.74) is 3.40. The molecule has 0 radical (unpaired) electrons. The maximum absolute atomic E-state index is 12.5. The highest BCUT2D eigenvalue weighted by Crippen LogP contribution is 2.21. The van der Waals surface area contributed by atoms with Gasteiger partial charge in [-0.25, -0.2) is 0 Å². The molecule has 0 saturated carbocycles. The van der Waals surface area contributed by atoms with Gasteiger partial charge < -0.3 is 19.9 Å². The molecule has 1 saturated heterocycles. The second-order valence-electron chi connectivity index (χ2n) is 7.79. The first kappa shape index (κ1) is 22.1. The smallest absolute Gasteiger partial charge is 0.255 e. The molecule has 3 aromatic rings. The number of ether oxygens (including phenoxy) is 1. The molecule has 6 heteroatoms. The number of nitrogens with zero attached hydrogens (tertiary/aromatic N) is 2. The molecule has 1 aliphatic heterocycles. The molecule has 33 heavy (non-hydrogen) atoms. The van der Waals surface area contributed by atoms with Gasteiger partial charge >= 0.3 is 0 Å². The standard InChI is InChI=1S/C27H27N3O3/c1-33-25-14-8-22(9-15-25)27(32)28-23-10-12-24(13-11-23)29-17-19-30(20-18-29)26(31)16-7-21-5-3-2-4-6-21/h2-16H,17-20H2,1H3,(H,28,32)/b16-7+. The van der Waals surface area contributed by atoms with E-state index in [1.807, 2.05) is 65.6 Å². The zero-order chi connectivity index (χ0) is 23.0. The van der Waals surface area contributed by atoms with Crippen LogP contribution in [0.5, 0.6) is 5.75 Å². The van der Waals surface area contributed by atoms with Crippen molar-refractivity contribution in [1.82, 2.24) is 4.90 Å². The Labute approximate surface area is 194 Å². The number of carbonyl (C=O) groups excluding carboxylic acids is 2. The number of anilines is 2. The zero-order valence-corrected chi connectivity index (χ0v) is 18.6. The van der Waals surface area contributed by atoms with Gasteiger partial charge in [-0.2, -0.15) is 0 Å². The van der Waals surface area contributed by atoms with Crippen LogP contribution in [0.3, 0.4) is 0 Å². The Morgan fingerprint density at radius 2 is 1.52 bits per heavy atom. The molecule has 1 N–H and O–H groups in total. The molecule has 2 amide bonds. The van der Waals surface area contributed by atoms with Crippen molar-refractivity contribution in [2.24, 2.45) is 0 Å². The molecule has 0 bridgehead atoms. The Balaban J connectivity index is 1.28. The van der Waals surface area contributed by atoms with Gasteiger partial charge in [0.2, 0.25) is 5.91 Å². The van der Waals surface area contributed by atoms with Crippen LogP contribution in [0.2, 0.25) is 0 Å². The Kier molecular flexibility index (Phi) is 7.05. The number of hydrogen-bond donors (Lipinski definition) is 1. The number of hydrogen-bond acceptors (Lipinski definition) is 4. The lowest BCUT2D eigenvalue weighted by Gasteiger charge is -2.35. The summed E-state index contributed by atoms with van der Waals surface area (Å²) in [6.45, 7) is 2.88. The maximum Gasteiger partial charge on any atom is 0.255 e. The first-order valence-electron chi connectivity index (χ1n) is 10.9. The fraction of sp³-hybridized carbons (Fsp3) is 0.185. The Hall–Kier alpha value is -4.06. The van der Waals surface area contributed by atoms with Crippen molar-refractivity contribution < 1.29 is 14.3 Å². The van der Waals surface area contributed by atoms with E-state index in [1.54, 1.807) is 37.5 Å². The monoisotopic (exact) mass is 441 g/mol. The van der Waals surface area contributed by atoms with E-state index in [4.69, 9.17) is 4.74 Å². The summed E-state index contributed by atoms with van der Waals surface area (Å²) in [5, 5.41) is 2.92. The average molecular weight is 442 g/mol. The summed E-state index contributed by atoms with van der Waals surface area (Å²) < 4.78 is 5.13. The van der Waals surface area contributed by atoms with Crippen LogP contribution >= 0.6 is 0 Å². The highest BCUT2D eigenvalue weighted by atomic mass is 16.5. The van der Waals surface area contributed by atoms with Crippen molar-refractivity contribution in [3.8, 4) is 5.75 Å². The van der Waals surface area contributed by atoms with Crippen LogP contribution in [0.25, 0.3) is 6.08 Å². The van der Waals surface area contributed by atoms with Crippen molar-refractivity contribution >= 4 is 29.3 Å². The second kappa shape index (κ2) is 10.5. The average Bonchev–Trinajstić information content (AvgIpc) is 2.88. The summed E-state index contributed by atoms with van der Waals surface area (Å²) in [6.07, 6.45) is 3.50. The van der Waals surface area contributed by atoms with Crippen molar-refractivity contribution in [1.29, 1.82) is 0 Å². The van der Waals surface area contributed by atoms with Gasteiger partial charge in [0, 0.05) is 49.2 Å². The Morgan fingerprint density at radius 3 is 2.15 bits per heavy atom. The number of amides is 2. The summed E-state index contributed by atoms with van der Waals surface area (Å²) in [6, 6.07) is 24.6.